The third kappa shape index (κ3) is 4.06. The van der Waals surface area contributed by atoms with Crippen LogP contribution in [0.15, 0.2) is 30.5 Å². The van der Waals surface area contributed by atoms with E-state index >= 15 is 0 Å². The fourth-order valence-electron chi connectivity index (χ4n) is 2.00. The normalized spacial score (nSPS) is 10.2. The van der Waals surface area contributed by atoms with Crippen LogP contribution in [0, 0.1) is 13.8 Å². The summed E-state index contributed by atoms with van der Waals surface area (Å²) in [6.45, 7) is 4.85. The Hall–Kier alpha value is -2.89. The van der Waals surface area contributed by atoms with Crippen LogP contribution in [0.5, 0.6) is 0 Å². The number of esters is 1. The lowest BCUT2D eigenvalue weighted by atomic mass is 10.1. The smallest absolute Gasteiger partial charge is 0.355 e. The summed E-state index contributed by atoms with van der Waals surface area (Å²) in [7, 11) is 0. The molecule has 0 bridgehead atoms. The Balaban J connectivity index is 1.92. The fraction of sp³-hybridized carbons (Fsp3) is 0.235. The molecule has 1 heterocycles. The van der Waals surface area contributed by atoms with Gasteiger partial charge in [0.2, 0.25) is 0 Å². The summed E-state index contributed by atoms with van der Waals surface area (Å²) in [4.78, 5) is 37.5. The Morgan fingerprint density at radius 1 is 1.22 bits per heavy atom. The van der Waals surface area contributed by atoms with Gasteiger partial charge in [-0.3, -0.25) is 9.59 Å². The molecule has 0 fully saturated rings. The van der Waals surface area contributed by atoms with E-state index in [1.807, 2.05) is 26.0 Å². The van der Waals surface area contributed by atoms with Crippen LogP contribution in [0.2, 0.25) is 0 Å². The largest absolute Gasteiger partial charge is 0.451 e. The average Bonchev–Trinajstić information content (AvgIpc) is 3.00. The molecule has 0 unspecified atom stereocenters. The molecule has 6 nitrogen and oxygen atoms in total. The van der Waals surface area contributed by atoms with Crippen molar-refractivity contribution in [1.82, 2.24) is 4.98 Å². The predicted molar refractivity (Wildman–Crippen MR) is 85.6 cm³/mol. The first-order valence-electron chi connectivity index (χ1n) is 7.11. The molecule has 0 atom stereocenters. The van der Waals surface area contributed by atoms with Gasteiger partial charge in [-0.1, -0.05) is 12.1 Å². The molecule has 6 heteroatoms. The zero-order chi connectivity index (χ0) is 17.0. The molecule has 0 saturated carbocycles. The number of carbonyl (C=O) groups excluding carboxylic acids is 3. The van der Waals surface area contributed by atoms with Crippen LogP contribution in [-0.2, 0) is 9.53 Å². The molecule has 23 heavy (non-hydrogen) atoms. The van der Waals surface area contributed by atoms with Gasteiger partial charge in [-0.05, 0) is 44.0 Å². The maximum atomic E-state index is 11.9. The second-order valence-corrected chi connectivity index (χ2v) is 5.23. The van der Waals surface area contributed by atoms with Gasteiger partial charge in [0.05, 0.1) is 0 Å². The minimum Gasteiger partial charge on any atom is -0.451 e. The topological polar surface area (TPSA) is 88.3 Å². The van der Waals surface area contributed by atoms with E-state index in [4.69, 9.17) is 4.74 Å². The molecule has 1 aromatic carbocycles. The monoisotopic (exact) mass is 314 g/mol. The third-order valence-electron chi connectivity index (χ3n) is 3.52. The van der Waals surface area contributed by atoms with Gasteiger partial charge < -0.3 is 15.0 Å². The molecule has 1 amide bonds. The Morgan fingerprint density at radius 3 is 2.61 bits per heavy atom. The van der Waals surface area contributed by atoms with E-state index in [0.717, 1.165) is 11.1 Å². The number of rotatable bonds is 5. The summed E-state index contributed by atoms with van der Waals surface area (Å²) in [6.07, 6.45) is 1.43. The highest BCUT2D eigenvalue weighted by Gasteiger charge is 2.14. The van der Waals surface area contributed by atoms with Crippen molar-refractivity contribution >= 4 is 23.3 Å². The summed E-state index contributed by atoms with van der Waals surface area (Å²) in [5.74, 6) is -1.27. The van der Waals surface area contributed by atoms with Crippen molar-refractivity contribution in [1.29, 1.82) is 0 Å². The molecule has 2 rings (SSSR count). The van der Waals surface area contributed by atoms with Gasteiger partial charge in [0.25, 0.3) is 5.91 Å². The van der Waals surface area contributed by atoms with Crippen LogP contribution >= 0.6 is 0 Å². The third-order valence-corrected chi connectivity index (χ3v) is 3.52. The van der Waals surface area contributed by atoms with Crippen molar-refractivity contribution < 1.29 is 19.1 Å². The highest BCUT2D eigenvalue weighted by molar-refractivity contribution is 5.98. The van der Waals surface area contributed by atoms with Crippen molar-refractivity contribution in [2.45, 2.75) is 20.8 Å². The fourth-order valence-corrected chi connectivity index (χ4v) is 2.00. The van der Waals surface area contributed by atoms with Gasteiger partial charge in [-0.15, -0.1) is 0 Å². The highest BCUT2D eigenvalue weighted by Crippen LogP contribution is 2.17. The quantitative estimate of drug-likeness (QED) is 0.656. The Bertz CT molecular complexity index is 762. The van der Waals surface area contributed by atoms with Crippen molar-refractivity contribution in [2.24, 2.45) is 0 Å². The summed E-state index contributed by atoms with van der Waals surface area (Å²) in [6, 6.07) is 6.97. The SMILES string of the molecule is CC(=O)c1c[nH]c(C(=O)OCC(=O)Nc2cccc(C)c2C)c1. The average molecular weight is 314 g/mol. The Labute approximate surface area is 133 Å². The number of carbonyl (C=O) groups is 3. The molecule has 2 aromatic rings. The van der Waals surface area contributed by atoms with Crippen LogP contribution in [0.3, 0.4) is 0 Å². The molecular weight excluding hydrogens is 296 g/mol. The standard InChI is InChI=1S/C17H18N2O4/c1-10-5-4-6-14(11(10)2)19-16(21)9-23-17(22)15-7-13(8-18-15)12(3)20/h4-8,18H,9H2,1-3H3,(H,19,21). The molecule has 0 aliphatic heterocycles. The number of aromatic nitrogens is 1. The van der Waals surface area contributed by atoms with Gasteiger partial charge in [0, 0.05) is 17.4 Å². The number of Topliss-reactive ketones (excluding diaryl/α,β-unsaturated/α-hetero) is 1. The number of anilines is 1. The second kappa shape index (κ2) is 6.91. The maximum absolute atomic E-state index is 11.9. The second-order valence-electron chi connectivity index (χ2n) is 5.23. The van der Waals surface area contributed by atoms with Crippen LogP contribution < -0.4 is 5.32 Å². The van der Waals surface area contributed by atoms with Gasteiger partial charge >= 0.3 is 5.97 Å². The minimum absolute atomic E-state index is 0.134. The molecule has 0 saturated heterocycles. The predicted octanol–water partition coefficient (Wildman–Crippen LogP) is 2.63. The van der Waals surface area contributed by atoms with Crippen molar-refractivity contribution in [2.75, 3.05) is 11.9 Å². The first-order chi connectivity index (χ1) is 10.9. The lowest BCUT2D eigenvalue weighted by Gasteiger charge is -2.10. The van der Waals surface area contributed by atoms with E-state index in [9.17, 15) is 14.4 Å². The molecule has 2 N–H and O–H groups in total. The number of ketones is 1. The number of hydrogen-bond donors (Lipinski definition) is 2. The number of hydrogen-bond acceptors (Lipinski definition) is 4. The zero-order valence-corrected chi connectivity index (χ0v) is 13.2. The first kappa shape index (κ1) is 16.5. The number of aryl methyl sites for hydroxylation is 1. The van der Waals surface area contributed by atoms with Gasteiger partial charge in [0.1, 0.15) is 5.69 Å². The highest BCUT2D eigenvalue weighted by atomic mass is 16.5. The molecule has 0 radical (unpaired) electrons. The summed E-state index contributed by atoms with van der Waals surface area (Å²) >= 11 is 0. The lowest BCUT2D eigenvalue weighted by Crippen LogP contribution is -2.21. The van der Waals surface area contributed by atoms with E-state index in [0.29, 0.717) is 11.3 Å². The van der Waals surface area contributed by atoms with Crippen LogP contribution in [0.4, 0.5) is 5.69 Å². The van der Waals surface area contributed by atoms with E-state index in [2.05, 4.69) is 10.3 Å². The van der Waals surface area contributed by atoms with E-state index in [1.54, 1.807) is 6.07 Å². The Morgan fingerprint density at radius 2 is 1.96 bits per heavy atom. The van der Waals surface area contributed by atoms with Gasteiger partial charge in [-0.2, -0.15) is 0 Å². The Kier molecular flexibility index (Phi) is 4.95. The molecule has 0 spiro atoms. The van der Waals surface area contributed by atoms with E-state index < -0.39 is 18.5 Å². The maximum Gasteiger partial charge on any atom is 0.355 e. The molecule has 0 aliphatic rings. The number of amides is 1. The van der Waals surface area contributed by atoms with E-state index in [-0.39, 0.29) is 11.5 Å². The molecule has 120 valence electrons. The summed E-state index contributed by atoms with van der Waals surface area (Å²) in [5.41, 5.74) is 3.22. The van der Waals surface area contributed by atoms with Crippen molar-refractivity contribution in [3.05, 3.63) is 52.8 Å². The minimum atomic E-state index is -0.686. The number of ether oxygens (including phenoxy) is 1. The summed E-state index contributed by atoms with van der Waals surface area (Å²) in [5, 5.41) is 2.70. The van der Waals surface area contributed by atoms with Crippen molar-refractivity contribution in [3.63, 3.8) is 0 Å². The molecule has 0 aliphatic carbocycles. The van der Waals surface area contributed by atoms with Gasteiger partial charge in [0.15, 0.2) is 12.4 Å². The zero-order valence-electron chi connectivity index (χ0n) is 13.2. The van der Waals surface area contributed by atoms with Crippen molar-refractivity contribution in [3.8, 4) is 0 Å². The number of H-pyrrole nitrogens is 1. The summed E-state index contributed by atoms with van der Waals surface area (Å²) < 4.78 is 4.93. The number of aromatic amines is 1. The van der Waals surface area contributed by atoms with Crippen LogP contribution in [0.1, 0.15) is 38.9 Å². The molecule has 1 aromatic heterocycles. The first-order valence-corrected chi connectivity index (χ1v) is 7.11. The van der Waals surface area contributed by atoms with Gasteiger partial charge in [-0.25, -0.2) is 4.79 Å². The number of nitrogens with one attached hydrogen (secondary N) is 2. The molecular formula is C17H18N2O4. The van der Waals surface area contributed by atoms with E-state index in [1.165, 1.54) is 19.2 Å². The van der Waals surface area contributed by atoms with Crippen LogP contribution in [-0.4, -0.2) is 29.3 Å². The van der Waals surface area contributed by atoms with Crippen LogP contribution in [0.25, 0.3) is 0 Å². The lowest BCUT2D eigenvalue weighted by molar-refractivity contribution is -0.119. The number of benzene rings is 1.